The van der Waals surface area contributed by atoms with Gasteiger partial charge in [-0.15, -0.1) is 0 Å². The van der Waals surface area contributed by atoms with Crippen molar-refractivity contribution in [3.8, 4) is 0 Å². The summed E-state index contributed by atoms with van der Waals surface area (Å²) >= 11 is 0. The van der Waals surface area contributed by atoms with Crippen LogP contribution in [0, 0.1) is 5.92 Å². The number of nitrogens with zero attached hydrogens (tertiary/aromatic N) is 2. The van der Waals surface area contributed by atoms with Gasteiger partial charge in [0.25, 0.3) is 0 Å². The van der Waals surface area contributed by atoms with E-state index in [2.05, 4.69) is 16.9 Å². The Bertz CT molecular complexity index is 198. The van der Waals surface area contributed by atoms with Crippen LogP contribution in [0.4, 0.5) is 0 Å². The van der Waals surface area contributed by atoms with E-state index in [0.29, 0.717) is 12.5 Å². The molecule has 0 aliphatic heterocycles. The lowest BCUT2D eigenvalue weighted by Gasteiger charge is -2.05. The number of aromatic nitrogens is 2. The zero-order valence-electron chi connectivity index (χ0n) is 6.70. The van der Waals surface area contributed by atoms with Crippen LogP contribution < -0.4 is 5.73 Å². The average molecular weight is 151 g/mol. The summed E-state index contributed by atoms with van der Waals surface area (Å²) in [7, 11) is 0. The Labute approximate surface area is 66.7 Å². The van der Waals surface area contributed by atoms with Crippen molar-refractivity contribution in [2.24, 2.45) is 11.7 Å². The van der Waals surface area contributed by atoms with E-state index in [1.807, 2.05) is 6.07 Å². The Hall–Kier alpha value is -0.960. The lowest BCUT2D eigenvalue weighted by atomic mass is 10.1. The monoisotopic (exact) mass is 151 g/mol. The molecule has 0 amide bonds. The molecule has 1 rings (SSSR count). The van der Waals surface area contributed by atoms with Gasteiger partial charge in [0, 0.05) is 11.9 Å². The zero-order valence-corrected chi connectivity index (χ0v) is 6.70. The molecule has 0 fully saturated rings. The maximum Gasteiger partial charge on any atom is 0.115 e. The van der Waals surface area contributed by atoms with E-state index in [0.717, 1.165) is 12.1 Å². The van der Waals surface area contributed by atoms with Crippen molar-refractivity contribution in [2.75, 3.05) is 6.54 Å². The van der Waals surface area contributed by atoms with Gasteiger partial charge in [-0.2, -0.15) is 0 Å². The maximum atomic E-state index is 5.48. The summed E-state index contributed by atoms with van der Waals surface area (Å²) in [6, 6.07) is 1.92. The molecule has 1 heterocycles. The molecule has 0 spiro atoms. The van der Waals surface area contributed by atoms with Crippen LogP contribution >= 0.6 is 0 Å². The first kappa shape index (κ1) is 8.14. The van der Waals surface area contributed by atoms with Crippen LogP contribution in [-0.2, 0) is 6.42 Å². The Balaban J connectivity index is 2.51. The minimum atomic E-state index is 0.505. The smallest absolute Gasteiger partial charge is 0.115 e. The molecule has 1 aromatic rings. The summed E-state index contributed by atoms with van der Waals surface area (Å²) in [5, 5.41) is 0. The van der Waals surface area contributed by atoms with Gasteiger partial charge in [0.2, 0.25) is 0 Å². The van der Waals surface area contributed by atoms with Crippen molar-refractivity contribution in [1.82, 2.24) is 9.97 Å². The predicted molar refractivity (Wildman–Crippen MR) is 44.0 cm³/mol. The lowest BCUT2D eigenvalue weighted by molar-refractivity contribution is 0.583. The topological polar surface area (TPSA) is 51.8 Å². The van der Waals surface area contributed by atoms with Gasteiger partial charge in [-0.3, -0.25) is 0 Å². The second-order valence-electron chi connectivity index (χ2n) is 2.75. The van der Waals surface area contributed by atoms with Crippen molar-refractivity contribution in [1.29, 1.82) is 0 Å². The summed E-state index contributed by atoms with van der Waals surface area (Å²) in [5.74, 6) is 0.505. The third-order valence-corrected chi connectivity index (χ3v) is 1.60. The number of rotatable bonds is 3. The second kappa shape index (κ2) is 4.03. The van der Waals surface area contributed by atoms with E-state index in [1.54, 1.807) is 12.5 Å². The fraction of sp³-hybridized carbons (Fsp3) is 0.500. The quantitative estimate of drug-likeness (QED) is 0.688. The SMILES string of the molecule is CC(CN)Cc1ccncn1. The first-order chi connectivity index (χ1) is 5.33. The van der Waals surface area contributed by atoms with Crippen molar-refractivity contribution in [3.63, 3.8) is 0 Å². The van der Waals surface area contributed by atoms with Crippen molar-refractivity contribution >= 4 is 0 Å². The van der Waals surface area contributed by atoms with Gasteiger partial charge in [0.1, 0.15) is 6.33 Å². The number of nitrogens with two attached hydrogens (primary N) is 1. The summed E-state index contributed by atoms with van der Waals surface area (Å²) in [6.07, 6.45) is 4.27. The molecule has 0 aliphatic rings. The van der Waals surface area contributed by atoms with Gasteiger partial charge in [0.05, 0.1) is 0 Å². The number of hydrogen-bond donors (Lipinski definition) is 1. The van der Waals surface area contributed by atoms with Crippen LogP contribution in [0.2, 0.25) is 0 Å². The summed E-state index contributed by atoms with van der Waals surface area (Å²) in [6.45, 7) is 2.83. The first-order valence-electron chi connectivity index (χ1n) is 3.78. The highest BCUT2D eigenvalue weighted by Gasteiger charge is 2.00. The summed E-state index contributed by atoms with van der Waals surface area (Å²) < 4.78 is 0. The molecular weight excluding hydrogens is 138 g/mol. The predicted octanol–water partition coefficient (Wildman–Crippen LogP) is 0.614. The minimum Gasteiger partial charge on any atom is -0.330 e. The van der Waals surface area contributed by atoms with Crippen molar-refractivity contribution < 1.29 is 0 Å². The van der Waals surface area contributed by atoms with E-state index in [4.69, 9.17) is 5.73 Å². The molecular formula is C8H13N3. The third kappa shape index (κ3) is 2.63. The molecule has 0 saturated carbocycles. The first-order valence-corrected chi connectivity index (χ1v) is 3.78. The molecule has 3 heteroatoms. The van der Waals surface area contributed by atoms with E-state index in [9.17, 15) is 0 Å². The molecule has 0 aliphatic carbocycles. The van der Waals surface area contributed by atoms with Crippen molar-refractivity contribution in [2.45, 2.75) is 13.3 Å². The average Bonchev–Trinajstić information content (AvgIpc) is 2.06. The molecule has 1 unspecified atom stereocenters. The van der Waals surface area contributed by atoms with Gasteiger partial charge >= 0.3 is 0 Å². The zero-order chi connectivity index (χ0) is 8.10. The van der Waals surface area contributed by atoms with E-state index in [-0.39, 0.29) is 0 Å². The van der Waals surface area contributed by atoms with Gasteiger partial charge in [-0.1, -0.05) is 6.92 Å². The van der Waals surface area contributed by atoms with Crippen LogP contribution in [0.25, 0.3) is 0 Å². The van der Waals surface area contributed by atoms with Crippen LogP contribution in [0.15, 0.2) is 18.6 Å². The highest BCUT2D eigenvalue weighted by molar-refractivity contribution is 4.98. The Kier molecular flexibility index (Phi) is 2.98. The molecule has 3 nitrogen and oxygen atoms in total. The fourth-order valence-electron chi connectivity index (χ4n) is 0.879. The third-order valence-electron chi connectivity index (χ3n) is 1.60. The van der Waals surface area contributed by atoms with Crippen molar-refractivity contribution in [3.05, 3.63) is 24.3 Å². The normalized spacial score (nSPS) is 12.9. The molecule has 0 bridgehead atoms. The molecule has 60 valence electrons. The second-order valence-corrected chi connectivity index (χ2v) is 2.75. The van der Waals surface area contributed by atoms with E-state index < -0.39 is 0 Å². The van der Waals surface area contributed by atoms with Gasteiger partial charge < -0.3 is 5.73 Å². The standard InChI is InChI=1S/C8H13N3/c1-7(5-9)4-8-2-3-10-6-11-8/h2-3,6-7H,4-5,9H2,1H3. The Morgan fingerprint density at radius 3 is 3.00 bits per heavy atom. The van der Waals surface area contributed by atoms with E-state index >= 15 is 0 Å². The molecule has 0 radical (unpaired) electrons. The van der Waals surface area contributed by atoms with Gasteiger partial charge in [0.15, 0.2) is 0 Å². The minimum absolute atomic E-state index is 0.505. The van der Waals surface area contributed by atoms with Crippen LogP contribution in [0.3, 0.4) is 0 Å². The van der Waals surface area contributed by atoms with Gasteiger partial charge in [-0.05, 0) is 24.9 Å². The largest absolute Gasteiger partial charge is 0.330 e. The van der Waals surface area contributed by atoms with Crippen LogP contribution in [-0.4, -0.2) is 16.5 Å². The summed E-state index contributed by atoms with van der Waals surface area (Å²) in [5.41, 5.74) is 6.54. The Morgan fingerprint density at radius 1 is 1.64 bits per heavy atom. The molecule has 1 atom stereocenters. The van der Waals surface area contributed by atoms with Crippen LogP contribution in [0.1, 0.15) is 12.6 Å². The molecule has 11 heavy (non-hydrogen) atoms. The molecule has 1 aromatic heterocycles. The lowest BCUT2D eigenvalue weighted by Crippen LogP contribution is -2.13. The van der Waals surface area contributed by atoms with E-state index in [1.165, 1.54) is 0 Å². The fourth-order valence-corrected chi connectivity index (χ4v) is 0.879. The molecule has 0 saturated heterocycles. The molecule has 2 N–H and O–H groups in total. The molecule has 0 aromatic carbocycles. The number of hydrogen-bond acceptors (Lipinski definition) is 3. The maximum absolute atomic E-state index is 5.48. The van der Waals surface area contributed by atoms with Crippen LogP contribution in [0.5, 0.6) is 0 Å². The highest BCUT2D eigenvalue weighted by atomic mass is 14.8. The summed E-state index contributed by atoms with van der Waals surface area (Å²) in [4.78, 5) is 7.94. The Morgan fingerprint density at radius 2 is 2.45 bits per heavy atom. The van der Waals surface area contributed by atoms with Gasteiger partial charge in [-0.25, -0.2) is 9.97 Å². The highest BCUT2D eigenvalue weighted by Crippen LogP contribution is 2.01.